The molecule has 1 aliphatic heterocycles. The van der Waals surface area contributed by atoms with E-state index in [1.807, 2.05) is 29.3 Å². The van der Waals surface area contributed by atoms with E-state index < -0.39 is 0 Å². The van der Waals surface area contributed by atoms with Crippen LogP contribution in [-0.4, -0.2) is 13.4 Å². The minimum absolute atomic E-state index is 0.827. The summed E-state index contributed by atoms with van der Waals surface area (Å²) in [5.41, 5.74) is 4.14. The molecule has 0 spiro atoms. The number of hydrazine groups is 1. The van der Waals surface area contributed by atoms with E-state index in [1.165, 1.54) is 0 Å². The van der Waals surface area contributed by atoms with Crippen molar-refractivity contribution in [2.24, 2.45) is 4.99 Å². The van der Waals surface area contributed by atoms with Crippen molar-refractivity contribution in [3.8, 4) is 5.75 Å². The second-order valence-corrected chi connectivity index (χ2v) is 3.95. The third-order valence-electron chi connectivity index (χ3n) is 2.87. The topological polar surface area (TPSA) is 36.9 Å². The van der Waals surface area contributed by atoms with Gasteiger partial charge in [-0.15, -0.1) is 0 Å². The Labute approximate surface area is 105 Å². The third-order valence-corrected chi connectivity index (χ3v) is 2.87. The molecule has 0 unspecified atom stereocenters. The first-order valence-corrected chi connectivity index (χ1v) is 5.69. The molecule has 2 aromatic rings. The summed E-state index contributed by atoms with van der Waals surface area (Å²) in [7, 11) is 1.67. The van der Waals surface area contributed by atoms with E-state index in [9.17, 15) is 0 Å². The molecule has 1 heterocycles. The maximum Gasteiger partial charge on any atom is 0.121 e. The molecule has 0 saturated carbocycles. The number of methoxy groups -OCH3 is 1. The summed E-state index contributed by atoms with van der Waals surface area (Å²) in [4.78, 5) is 4.11. The van der Waals surface area contributed by atoms with Crippen LogP contribution in [0.3, 0.4) is 0 Å². The van der Waals surface area contributed by atoms with Gasteiger partial charge in [0.05, 0.1) is 12.8 Å². The van der Waals surface area contributed by atoms with E-state index in [0.29, 0.717) is 0 Å². The van der Waals surface area contributed by atoms with Crippen LogP contribution >= 0.6 is 0 Å². The van der Waals surface area contributed by atoms with E-state index in [0.717, 1.165) is 22.2 Å². The second-order valence-electron chi connectivity index (χ2n) is 3.95. The van der Waals surface area contributed by atoms with E-state index >= 15 is 0 Å². The average Bonchev–Trinajstić information content (AvgIpc) is 2.47. The van der Waals surface area contributed by atoms with Gasteiger partial charge in [-0.25, -0.2) is 10.0 Å². The number of anilines is 1. The van der Waals surface area contributed by atoms with Crippen molar-refractivity contribution < 1.29 is 4.74 Å². The molecule has 1 aliphatic rings. The molecule has 90 valence electrons. The van der Waals surface area contributed by atoms with Crippen LogP contribution in [0.1, 0.15) is 0 Å². The lowest BCUT2D eigenvalue weighted by molar-refractivity contribution is 0.415. The molecule has 1 N–H and O–H groups in total. The van der Waals surface area contributed by atoms with Crippen LogP contribution in [0.25, 0.3) is 10.8 Å². The van der Waals surface area contributed by atoms with Crippen LogP contribution in [0.15, 0.2) is 53.8 Å². The van der Waals surface area contributed by atoms with Gasteiger partial charge in [0, 0.05) is 23.9 Å². The molecule has 0 aromatic heterocycles. The van der Waals surface area contributed by atoms with E-state index in [1.54, 1.807) is 25.8 Å². The Morgan fingerprint density at radius 3 is 2.89 bits per heavy atom. The Morgan fingerprint density at radius 1 is 1.22 bits per heavy atom. The van der Waals surface area contributed by atoms with Gasteiger partial charge in [0.1, 0.15) is 12.1 Å². The summed E-state index contributed by atoms with van der Waals surface area (Å²) in [6.07, 6.45) is 5.23. The lowest BCUT2D eigenvalue weighted by Crippen LogP contribution is -2.34. The van der Waals surface area contributed by atoms with Crippen molar-refractivity contribution in [1.29, 1.82) is 0 Å². The van der Waals surface area contributed by atoms with Crippen molar-refractivity contribution in [2.75, 3.05) is 12.1 Å². The summed E-state index contributed by atoms with van der Waals surface area (Å²) in [6, 6.07) is 12.2. The Kier molecular flexibility index (Phi) is 2.61. The van der Waals surface area contributed by atoms with Gasteiger partial charge >= 0.3 is 0 Å². The van der Waals surface area contributed by atoms with Crippen molar-refractivity contribution in [3.63, 3.8) is 0 Å². The first-order valence-electron chi connectivity index (χ1n) is 5.69. The molecule has 4 heteroatoms. The van der Waals surface area contributed by atoms with Gasteiger partial charge in [-0.2, -0.15) is 0 Å². The van der Waals surface area contributed by atoms with Gasteiger partial charge in [0.25, 0.3) is 0 Å². The predicted octanol–water partition coefficient (Wildman–Crippen LogP) is 2.67. The Bertz CT molecular complexity index is 634. The average molecular weight is 239 g/mol. The standard InChI is InChI=1S/C14H13N3O/c1-18-12-8-11-4-2-3-5-13(11)14(9-12)17-10-15-6-7-16-17/h2-10,16H,1H3. The highest BCUT2D eigenvalue weighted by Gasteiger charge is 2.10. The molecular formula is C14H13N3O. The van der Waals surface area contributed by atoms with Gasteiger partial charge in [0.2, 0.25) is 0 Å². The number of hydrogen-bond acceptors (Lipinski definition) is 4. The molecule has 3 rings (SSSR count). The number of aliphatic imine (C=N–C) groups is 1. The largest absolute Gasteiger partial charge is 0.497 e. The highest BCUT2D eigenvalue weighted by molar-refractivity contribution is 6.00. The first kappa shape index (κ1) is 10.7. The zero-order valence-corrected chi connectivity index (χ0v) is 10.00. The molecule has 0 aliphatic carbocycles. The zero-order valence-electron chi connectivity index (χ0n) is 10.00. The van der Waals surface area contributed by atoms with Crippen LogP contribution in [-0.2, 0) is 0 Å². The fraction of sp³-hybridized carbons (Fsp3) is 0.0714. The van der Waals surface area contributed by atoms with Crippen molar-refractivity contribution in [2.45, 2.75) is 0 Å². The van der Waals surface area contributed by atoms with E-state index in [2.05, 4.69) is 22.6 Å². The zero-order chi connectivity index (χ0) is 12.4. The summed E-state index contributed by atoms with van der Waals surface area (Å²) in [5, 5.41) is 4.15. The predicted molar refractivity (Wildman–Crippen MR) is 73.7 cm³/mol. The quantitative estimate of drug-likeness (QED) is 0.875. The van der Waals surface area contributed by atoms with Gasteiger partial charge in [0.15, 0.2) is 0 Å². The number of nitrogens with one attached hydrogen (secondary N) is 1. The Morgan fingerprint density at radius 2 is 2.11 bits per heavy atom. The SMILES string of the molecule is COc1cc(N2C=NC=CN2)c2ccccc2c1. The highest BCUT2D eigenvalue weighted by Crippen LogP contribution is 2.31. The number of nitrogens with zero attached hydrogens (tertiary/aromatic N) is 2. The van der Waals surface area contributed by atoms with Crippen molar-refractivity contribution in [3.05, 3.63) is 48.8 Å². The van der Waals surface area contributed by atoms with Crippen LogP contribution < -0.4 is 15.2 Å². The number of ether oxygens (including phenoxy) is 1. The molecule has 0 amide bonds. The molecular weight excluding hydrogens is 226 g/mol. The minimum atomic E-state index is 0.827. The normalized spacial score (nSPS) is 13.7. The lowest BCUT2D eigenvalue weighted by Gasteiger charge is -2.23. The van der Waals surface area contributed by atoms with Gasteiger partial charge in [-0.1, -0.05) is 24.3 Å². The smallest absolute Gasteiger partial charge is 0.121 e. The first-order chi connectivity index (χ1) is 8.88. The maximum absolute atomic E-state index is 5.34. The molecule has 18 heavy (non-hydrogen) atoms. The molecule has 0 atom stereocenters. The summed E-state index contributed by atoms with van der Waals surface area (Å²) in [5.74, 6) is 0.827. The van der Waals surface area contributed by atoms with Crippen molar-refractivity contribution in [1.82, 2.24) is 5.43 Å². The summed E-state index contributed by atoms with van der Waals surface area (Å²) >= 11 is 0. The second kappa shape index (κ2) is 4.41. The number of hydrogen-bond donors (Lipinski definition) is 1. The fourth-order valence-electron chi connectivity index (χ4n) is 2.01. The van der Waals surface area contributed by atoms with E-state index in [4.69, 9.17) is 4.74 Å². The molecule has 0 fully saturated rings. The summed E-state index contributed by atoms with van der Waals surface area (Å²) in [6.45, 7) is 0. The maximum atomic E-state index is 5.34. The number of fused-ring (bicyclic) bond motifs is 1. The Hall–Kier alpha value is -2.49. The molecule has 0 radical (unpaired) electrons. The van der Waals surface area contributed by atoms with Gasteiger partial charge in [-0.3, -0.25) is 5.43 Å². The van der Waals surface area contributed by atoms with Gasteiger partial charge in [-0.05, 0) is 11.5 Å². The fourth-order valence-corrected chi connectivity index (χ4v) is 2.01. The van der Waals surface area contributed by atoms with Crippen molar-refractivity contribution >= 4 is 22.8 Å². The molecule has 0 bridgehead atoms. The molecule has 4 nitrogen and oxygen atoms in total. The van der Waals surface area contributed by atoms with E-state index in [-0.39, 0.29) is 0 Å². The number of benzene rings is 2. The van der Waals surface area contributed by atoms with Gasteiger partial charge < -0.3 is 4.74 Å². The lowest BCUT2D eigenvalue weighted by atomic mass is 10.1. The monoisotopic (exact) mass is 239 g/mol. The molecule has 2 aromatic carbocycles. The molecule has 0 saturated heterocycles. The minimum Gasteiger partial charge on any atom is -0.497 e. The number of rotatable bonds is 2. The highest BCUT2D eigenvalue weighted by atomic mass is 16.5. The van der Waals surface area contributed by atoms with Crippen LogP contribution in [0.4, 0.5) is 5.69 Å². The third kappa shape index (κ3) is 1.78. The van der Waals surface area contributed by atoms with Crippen LogP contribution in [0.2, 0.25) is 0 Å². The van der Waals surface area contributed by atoms with Crippen LogP contribution in [0.5, 0.6) is 5.75 Å². The summed E-state index contributed by atoms with van der Waals surface area (Å²) < 4.78 is 5.34. The Balaban J connectivity index is 2.19. The van der Waals surface area contributed by atoms with Crippen LogP contribution in [0, 0.1) is 0 Å².